The van der Waals surface area contributed by atoms with Gasteiger partial charge in [-0.2, -0.15) is 4.98 Å². The number of aromatic nitrogens is 4. The van der Waals surface area contributed by atoms with Crippen LogP contribution in [0, 0.1) is 0 Å². The number of anilines is 3. The molecule has 5 rings (SSSR count). The average molecular weight is 570 g/mol. The number of amides is 1. The van der Waals surface area contributed by atoms with Crippen LogP contribution in [0.3, 0.4) is 0 Å². The number of nitrogens with one attached hydrogen (secondary N) is 2. The highest BCUT2D eigenvalue weighted by atomic mass is 35.5. The lowest BCUT2D eigenvalue weighted by Crippen LogP contribution is -2.54. The molecule has 0 atom stereocenters. The number of carbonyl (C=O) groups is 1. The number of benzene rings is 2. The lowest BCUT2D eigenvalue weighted by molar-refractivity contribution is -0.148. The smallest absolute Gasteiger partial charge is 0.334 e. The van der Waals surface area contributed by atoms with Crippen LogP contribution in [0.5, 0.6) is 0 Å². The Morgan fingerprint density at radius 1 is 1.03 bits per heavy atom. The van der Waals surface area contributed by atoms with Gasteiger partial charge in [-0.15, -0.1) is 0 Å². The lowest BCUT2D eigenvalue weighted by atomic mass is 10.1. The standard InChI is InChI=1S/C26H25Cl2N7O4/c1-26(2,39)23(37)34-12-10-33(11-13-34)16-8-6-15(7-9-16)30-24-29-14-17-21(31-24)32-25(38)35(22(17)36)20-18(27)4-3-5-19(20)28/h3-9,14,39H,10-13H2,1-2H3,(H2,29,30,31,32,38). The minimum Gasteiger partial charge on any atom is -0.381 e. The summed E-state index contributed by atoms with van der Waals surface area (Å²) in [7, 11) is 0. The first-order valence-corrected chi connectivity index (χ1v) is 12.9. The number of aliphatic hydroxyl groups is 1. The molecule has 0 saturated carbocycles. The Morgan fingerprint density at radius 3 is 2.28 bits per heavy atom. The molecular weight excluding hydrogens is 545 g/mol. The van der Waals surface area contributed by atoms with Crippen LogP contribution in [0.1, 0.15) is 13.8 Å². The summed E-state index contributed by atoms with van der Waals surface area (Å²) in [4.78, 5) is 53.2. The molecule has 1 aliphatic rings. The van der Waals surface area contributed by atoms with E-state index in [2.05, 4.69) is 25.2 Å². The minimum absolute atomic E-state index is 0.0667. The molecule has 1 aliphatic heterocycles. The van der Waals surface area contributed by atoms with Crippen molar-refractivity contribution in [2.45, 2.75) is 19.4 Å². The molecule has 2 aromatic heterocycles. The van der Waals surface area contributed by atoms with Crippen LogP contribution in [0.25, 0.3) is 16.7 Å². The number of aromatic amines is 1. The maximum Gasteiger partial charge on any atom is 0.334 e. The molecule has 0 bridgehead atoms. The second-order valence-electron chi connectivity index (χ2n) is 9.61. The summed E-state index contributed by atoms with van der Waals surface area (Å²) in [5.74, 6) is -0.0809. The summed E-state index contributed by atoms with van der Waals surface area (Å²) >= 11 is 12.4. The Kier molecular flexibility index (Phi) is 7.06. The van der Waals surface area contributed by atoms with Gasteiger partial charge >= 0.3 is 5.69 Å². The van der Waals surface area contributed by atoms with Crippen molar-refractivity contribution in [1.29, 1.82) is 0 Å². The van der Waals surface area contributed by atoms with E-state index in [0.29, 0.717) is 31.9 Å². The molecule has 0 unspecified atom stereocenters. The van der Waals surface area contributed by atoms with Gasteiger partial charge in [0.25, 0.3) is 11.5 Å². The van der Waals surface area contributed by atoms with Crippen LogP contribution in [0.15, 0.2) is 58.3 Å². The summed E-state index contributed by atoms with van der Waals surface area (Å²) in [5.41, 5.74) is -0.929. The number of hydrogen-bond donors (Lipinski definition) is 3. The summed E-state index contributed by atoms with van der Waals surface area (Å²) in [6, 6.07) is 12.3. The number of para-hydroxylation sites is 1. The molecule has 202 valence electrons. The minimum atomic E-state index is -1.38. The zero-order chi connectivity index (χ0) is 27.9. The molecule has 1 saturated heterocycles. The Labute approximate surface area is 232 Å². The second-order valence-corrected chi connectivity index (χ2v) is 10.4. The molecule has 11 nitrogen and oxygen atoms in total. The van der Waals surface area contributed by atoms with E-state index in [1.165, 1.54) is 32.2 Å². The first kappa shape index (κ1) is 26.7. The van der Waals surface area contributed by atoms with E-state index in [0.717, 1.165) is 10.3 Å². The van der Waals surface area contributed by atoms with Crippen molar-refractivity contribution in [2.24, 2.45) is 0 Å². The highest BCUT2D eigenvalue weighted by Gasteiger charge is 2.31. The third kappa shape index (κ3) is 5.33. The summed E-state index contributed by atoms with van der Waals surface area (Å²) in [5, 5.41) is 13.4. The molecule has 3 N–H and O–H groups in total. The van der Waals surface area contributed by atoms with Gasteiger partial charge < -0.3 is 20.2 Å². The predicted molar refractivity (Wildman–Crippen MR) is 151 cm³/mol. The van der Waals surface area contributed by atoms with Crippen molar-refractivity contribution < 1.29 is 9.90 Å². The number of hydrogen-bond acceptors (Lipinski definition) is 8. The van der Waals surface area contributed by atoms with Crippen LogP contribution >= 0.6 is 23.2 Å². The second kappa shape index (κ2) is 10.3. The van der Waals surface area contributed by atoms with E-state index in [1.54, 1.807) is 11.0 Å². The molecule has 0 spiro atoms. The van der Waals surface area contributed by atoms with E-state index in [-0.39, 0.29) is 38.6 Å². The Bertz CT molecular complexity index is 1650. The van der Waals surface area contributed by atoms with Gasteiger partial charge in [-0.05, 0) is 50.2 Å². The van der Waals surface area contributed by atoms with Gasteiger partial charge in [0.1, 0.15) is 11.0 Å². The van der Waals surface area contributed by atoms with E-state index >= 15 is 0 Å². The van der Waals surface area contributed by atoms with Gasteiger partial charge in [0, 0.05) is 43.8 Å². The molecule has 1 amide bonds. The van der Waals surface area contributed by atoms with Crippen molar-refractivity contribution in [3.63, 3.8) is 0 Å². The van der Waals surface area contributed by atoms with Gasteiger partial charge in [-0.25, -0.2) is 14.3 Å². The molecule has 13 heteroatoms. The zero-order valence-electron chi connectivity index (χ0n) is 21.1. The van der Waals surface area contributed by atoms with Gasteiger partial charge in [0.2, 0.25) is 5.95 Å². The molecular formula is C26H25Cl2N7O4. The fraction of sp³-hybridized carbons (Fsp3) is 0.269. The Balaban J connectivity index is 1.32. The van der Waals surface area contributed by atoms with Crippen molar-refractivity contribution in [1.82, 2.24) is 24.4 Å². The van der Waals surface area contributed by atoms with Crippen LogP contribution < -0.4 is 21.5 Å². The lowest BCUT2D eigenvalue weighted by Gasteiger charge is -2.38. The van der Waals surface area contributed by atoms with Crippen molar-refractivity contribution in [3.8, 4) is 5.69 Å². The molecule has 2 aromatic carbocycles. The van der Waals surface area contributed by atoms with Crippen molar-refractivity contribution >= 4 is 57.5 Å². The maximum atomic E-state index is 13.1. The van der Waals surface area contributed by atoms with E-state index in [9.17, 15) is 19.5 Å². The zero-order valence-corrected chi connectivity index (χ0v) is 22.6. The first-order chi connectivity index (χ1) is 18.5. The maximum absolute atomic E-state index is 13.1. The highest BCUT2D eigenvalue weighted by molar-refractivity contribution is 6.37. The molecule has 3 heterocycles. The molecule has 0 aliphatic carbocycles. The van der Waals surface area contributed by atoms with Crippen LogP contribution in [0.2, 0.25) is 10.0 Å². The summed E-state index contributed by atoms with van der Waals surface area (Å²) in [6.07, 6.45) is 1.33. The van der Waals surface area contributed by atoms with Crippen molar-refractivity contribution in [3.05, 3.63) is 79.5 Å². The van der Waals surface area contributed by atoms with Gasteiger partial charge in [0.05, 0.1) is 15.7 Å². The van der Waals surface area contributed by atoms with Gasteiger partial charge in [-0.3, -0.25) is 14.6 Å². The molecule has 4 aromatic rings. The highest BCUT2D eigenvalue weighted by Crippen LogP contribution is 2.27. The quantitative estimate of drug-likeness (QED) is 0.333. The third-order valence-corrected chi connectivity index (χ3v) is 7.00. The first-order valence-electron chi connectivity index (χ1n) is 12.1. The van der Waals surface area contributed by atoms with Crippen molar-refractivity contribution in [2.75, 3.05) is 36.4 Å². The average Bonchev–Trinajstić information content (AvgIpc) is 2.90. The van der Waals surface area contributed by atoms with E-state index in [1.807, 2.05) is 24.3 Å². The fourth-order valence-corrected chi connectivity index (χ4v) is 4.98. The molecule has 0 radical (unpaired) electrons. The monoisotopic (exact) mass is 569 g/mol. The summed E-state index contributed by atoms with van der Waals surface area (Å²) < 4.78 is 0.864. The van der Waals surface area contributed by atoms with Crippen LogP contribution in [-0.4, -0.2) is 67.2 Å². The number of rotatable bonds is 5. The number of carbonyl (C=O) groups excluding carboxylic acids is 1. The van der Waals surface area contributed by atoms with Gasteiger partial charge in [0.15, 0.2) is 5.65 Å². The fourth-order valence-electron chi connectivity index (χ4n) is 4.41. The Hall–Kier alpha value is -3.93. The topological polar surface area (TPSA) is 136 Å². The SMILES string of the molecule is CC(C)(O)C(=O)N1CCN(c2ccc(Nc3ncc4c(=O)n(-c5c(Cl)cccc5Cl)c(=O)[nH]c4n3)cc2)CC1. The largest absolute Gasteiger partial charge is 0.381 e. The number of halogens is 2. The molecule has 1 fully saturated rings. The van der Waals surface area contributed by atoms with E-state index in [4.69, 9.17) is 23.2 Å². The summed E-state index contributed by atoms with van der Waals surface area (Å²) in [6.45, 7) is 5.33. The number of piperazine rings is 1. The number of fused-ring (bicyclic) bond motifs is 1. The number of H-pyrrole nitrogens is 1. The molecule has 39 heavy (non-hydrogen) atoms. The van der Waals surface area contributed by atoms with Gasteiger partial charge in [-0.1, -0.05) is 29.3 Å². The van der Waals surface area contributed by atoms with E-state index < -0.39 is 16.9 Å². The Morgan fingerprint density at radius 2 is 1.67 bits per heavy atom. The predicted octanol–water partition coefficient (Wildman–Crippen LogP) is 2.94. The number of nitrogens with zero attached hydrogens (tertiary/aromatic N) is 5. The third-order valence-electron chi connectivity index (χ3n) is 6.39. The van der Waals surface area contributed by atoms with Crippen LogP contribution in [-0.2, 0) is 4.79 Å². The van der Waals surface area contributed by atoms with Crippen LogP contribution in [0.4, 0.5) is 17.3 Å². The normalized spacial score (nSPS) is 14.1.